The van der Waals surface area contributed by atoms with E-state index in [1.165, 1.54) is 13.5 Å². The molecule has 1 atom stereocenters. The minimum absolute atomic E-state index is 0.450. The Kier molecular flexibility index (Phi) is 5.35. The number of rotatable bonds is 4. The van der Waals surface area contributed by atoms with Gasteiger partial charge in [0.05, 0.1) is 13.7 Å². The van der Waals surface area contributed by atoms with Gasteiger partial charge in [-0.25, -0.2) is 4.79 Å². The molecular formula is C17H25N3O3. The summed E-state index contributed by atoms with van der Waals surface area (Å²) < 4.78 is 10.1. The number of hydrogen-bond acceptors (Lipinski definition) is 5. The van der Waals surface area contributed by atoms with E-state index in [4.69, 9.17) is 4.74 Å². The number of carbonyl (C=O) groups is 1. The molecule has 2 saturated heterocycles. The van der Waals surface area contributed by atoms with Gasteiger partial charge < -0.3 is 14.8 Å². The predicted molar refractivity (Wildman–Crippen MR) is 89.9 cm³/mol. The second-order valence-corrected chi connectivity index (χ2v) is 6.17. The van der Waals surface area contributed by atoms with Gasteiger partial charge in [0.1, 0.15) is 0 Å². The van der Waals surface area contributed by atoms with Gasteiger partial charge in [-0.05, 0) is 37.5 Å². The molecule has 0 unspecified atom stereocenters. The lowest BCUT2D eigenvalue weighted by Gasteiger charge is -2.36. The zero-order valence-corrected chi connectivity index (χ0v) is 13.6. The van der Waals surface area contributed by atoms with E-state index in [1.807, 2.05) is 24.3 Å². The maximum Gasteiger partial charge on any atom is 0.411 e. The minimum Gasteiger partial charge on any atom is -0.453 e. The first-order valence-corrected chi connectivity index (χ1v) is 8.28. The maximum atomic E-state index is 11.3. The highest BCUT2D eigenvalue weighted by Gasteiger charge is 2.27. The van der Waals surface area contributed by atoms with Crippen LogP contribution in [0, 0.1) is 0 Å². The standard InChI is InChI=1S/C17H25N3O3/c1-22-17(21)19-15-4-2-3-14(11-15)18-13-5-8-20(9-6-13)16-7-10-23-12-16/h2-4,11,13,16,18H,5-10,12H2,1H3,(H,19,21)/t16-/m0/s1. The molecule has 126 valence electrons. The van der Waals surface area contributed by atoms with Crippen LogP contribution in [-0.4, -0.2) is 56.5 Å². The summed E-state index contributed by atoms with van der Waals surface area (Å²) in [6.45, 7) is 4.03. The number of nitrogens with zero attached hydrogens (tertiary/aromatic N) is 1. The summed E-state index contributed by atoms with van der Waals surface area (Å²) in [6, 6.07) is 8.84. The molecular weight excluding hydrogens is 294 g/mol. The molecule has 2 N–H and O–H groups in total. The molecule has 6 nitrogen and oxygen atoms in total. The van der Waals surface area contributed by atoms with Crippen molar-refractivity contribution in [2.75, 3.05) is 44.0 Å². The van der Waals surface area contributed by atoms with Crippen molar-refractivity contribution in [1.29, 1.82) is 0 Å². The second-order valence-electron chi connectivity index (χ2n) is 6.17. The SMILES string of the molecule is COC(=O)Nc1cccc(NC2CCN([C@H]3CCOC3)CC2)c1. The minimum atomic E-state index is -0.450. The molecule has 23 heavy (non-hydrogen) atoms. The highest BCUT2D eigenvalue weighted by molar-refractivity contribution is 5.85. The van der Waals surface area contributed by atoms with Crippen LogP contribution in [0.4, 0.5) is 16.2 Å². The van der Waals surface area contributed by atoms with Gasteiger partial charge >= 0.3 is 6.09 Å². The van der Waals surface area contributed by atoms with Crippen molar-refractivity contribution in [3.8, 4) is 0 Å². The number of carbonyl (C=O) groups excluding carboxylic acids is 1. The van der Waals surface area contributed by atoms with Crippen LogP contribution in [0.25, 0.3) is 0 Å². The molecule has 0 radical (unpaired) electrons. The number of benzene rings is 1. The fourth-order valence-electron chi connectivity index (χ4n) is 3.31. The average molecular weight is 319 g/mol. The maximum absolute atomic E-state index is 11.3. The van der Waals surface area contributed by atoms with Crippen LogP contribution < -0.4 is 10.6 Å². The number of likely N-dealkylation sites (tertiary alicyclic amines) is 1. The molecule has 0 aromatic heterocycles. The Labute approximate surface area is 137 Å². The van der Waals surface area contributed by atoms with Gasteiger partial charge in [0.15, 0.2) is 0 Å². The zero-order valence-electron chi connectivity index (χ0n) is 13.6. The largest absolute Gasteiger partial charge is 0.453 e. The highest BCUT2D eigenvalue weighted by atomic mass is 16.5. The molecule has 0 saturated carbocycles. The van der Waals surface area contributed by atoms with Crippen molar-refractivity contribution in [2.45, 2.75) is 31.3 Å². The third-order valence-corrected chi connectivity index (χ3v) is 4.62. The third kappa shape index (κ3) is 4.36. The summed E-state index contributed by atoms with van der Waals surface area (Å²) >= 11 is 0. The molecule has 0 spiro atoms. The van der Waals surface area contributed by atoms with E-state index in [2.05, 4.69) is 20.3 Å². The van der Waals surface area contributed by atoms with Gasteiger partial charge in [0, 0.05) is 43.2 Å². The van der Waals surface area contributed by atoms with Crippen LogP contribution in [0.5, 0.6) is 0 Å². The quantitative estimate of drug-likeness (QED) is 0.893. The van der Waals surface area contributed by atoms with Crippen LogP contribution in [-0.2, 0) is 9.47 Å². The average Bonchev–Trinajstić information content (AvgIpc) is 3.10. The predicted octanol–water partition coefficient (Wildman–Crippen LogP) is 2.53. The molecule has 2 fully saturated rings. The molecule has 6 heteroatoms. The number of nitrogens with one attached hydrogen (secondary N) is 2. The van der Waals surface area contributed by atoms with Crippen LogP contribution >= 0.6 is 0 Å². The summed E-state index contributed by atoms with van der Waals surface area (Å²) in [5, 5.41) is 6.26. The Bertz CT molecular complexity index is 524. The molecule has 1 aromatic rings. The molecule has 1 amide bonds. The first-order valence-electron chi connectivity index (χ1n) is 8.28. The van der Waals surface area contributed by atoms with Crippen molar-refractivity contribution < 1.29 is 14.3 Å². The fourth-order valence-corrected chi connectivity index (χ4v) is 3.31. The number of methoxy groups -OCH3 is 1. The van der Waals surface area contributed by atoms with E-state index in [0.717, 1.165) is 50.5 Å². The van der Waals surface area contributed by atoms with E-state index in [-0.39, 0.29) is 0 Å². The lowest BCUT2D eigenvalue weighted by molar-refractivity contribution is 0.124. The van der Waals surface area contributed by atoms with Gasteiger partial charge in [-0.15, -0.1) is 0 Å². The summed E-state index contributed by atoms with van der Waals surface area (Å²) in [4.78, 5) is 13.8. The van der Waals surface area contributed by atoms with E-state index in [0.29, 0.717) is 12.1 Å². The van der Waals surface area contributed by atoms with Gasteiger partial charge in [0.25, 0.3) is 0 Å². The summed E-state index contributed by atoms with van der Waals surface area (Å²) in [5.74, 6) is 0. The Hall–Kier alpha value is -1.79. The van der Waals surface area contributed by atoms with Crippen LogP contribution in [0.1, 0.15) is 19.3 Å². The topological polar surface area (TPSA) is 62.8 Å². The Morgan fingerprint density at radius 1 is 1.26 bits per heavy atom. The van der Waals surface area contributed by atoms with Crippen LogP contribution in [0.15, 0.2) is 24.3 Å². The Morgan fingerprint density at radius 2 is 2.04 bits per heavy atom. The number of ether oxygens (including phenoxy) is 2. The summed E-state index contributed by atoms with van der Waals surface area (Å²) in [6.07, 6.45) is 2.98. The summed E-state index contributed by atoms with van der Waals surface area (Å²) in [7, 11) is 1.36. The van der Waals surface area contributed by atoms with E-state index in [9.17, 15) is 4.79 Å². The molecule has 2 heterocycles. The Balaban J connectivity index is 1.50. The third-order valence-electron chi connectivity index (χ3n) is 4.62. The van der Waals surface area contributed by atoms with Gasteiger partial charge in [-0.3, -0.25) is 10.2 Å². The smallest absolute Gasteiger partial charge is 0.411 e. The van der Waals surface area contributed by atoms with E-state index < -0.39 is 6.09 Å². The normalized spacial score (nSPS) is 22.7. The fraction of sp³-hybridized carbons (Fsp3) is 0.588. The lowest BCUT2D eigenvalue weighted by atomic mass is 10.0. The van der Waals surface area contributed by atoms with Gasteiger partial charge in [0.2, 0.25) is 0 Å². The first kappa shape index (κ1) is 16.1. The summed E-state index contributed by atoms with van der Waals surface area (Å²) in [5.41, 5.74) is 1.77. The van der Waals surface area contributed by atoms with Crippen molar-refractivity contribution in [2.24, 2.45) is 0 Å². The second kappa shape index (κ2) is 7.66. The van der Waals surface area contributed by atoms with Gasteiger partial charge in [-0.1, -0.05) is 6.07 Å². The zero-order chi connectivity index (χ0) is 16.1. The number of piperidine rings is 1. The monoisotopic (exact) mass is 319 g/mol. The number of hydrogen-bond donors (Lipinski definition) is 2. The number of anilines is 2. The molecule has 2 aliphatic rings. The molecule has 1 aromatic carbocycles. The molecule has 3 rings (SSSR count). The molecule has 0 bridgehead atoms. The Morgan fingerprint density at radius 3 is 2.74 bits per heavy atom. The van der Waals surface area contributed by atoms with E-state index in [1.54, 1.807) is 0 Å². The molecule has 0 aliphatic carbocycles. The van der Waals surface area contributed by atoms with E-state index >= 15 is 0 Å². The highest BCUT2D eigenvalue weighted by Crippen LogP contribution is 2.22. The lowest BCUT2D eigenvalue weighted by Crippen LogP contribution is -2.44. The van der Waals surface area contributed by atoms with Crippen molar-refractivity contribution in [3.63, 3.8) is 0 Å². The first-order chi connectivity index (χ1) is 11.2. The van der Waals surface area contributed by atoms with Crippen molar-refractivity contribution in [3.05, 3.63) is 24.3 Å². The van der Waals surface area contributed by atoms with Crippen molar-refractivity contribution in [1.82, 2.24) is 4.90 Å². The van der Waals surface area contributed by atoms with Gasteiger partial charge in [-0.2, -0.15) is 0 Å². The van der Waals surface area contributed by atoms with Crippen LogP contribution in [0.3, 0.4) is 0 Å². The molecule has 2 aliphatic heterocycles. The van der Waals surface area contributed by atoms with Crippen molar-refractivity contribution >= 4 is 17.5 Å². The van der Waals surface area contributed by atoms with Crippen LogP contribution in [0.2, 0.25) is 0 Å². The number of amides is 1.